The second-order valence-corrected chi connectivity index (χ2v) is 20.3. The molecule has 38 heavy (non-hydrogen) atoms. The quantitative estimate of drug-likeness (QED) is 0.230. The first-order valence-electron chi connectivity index (χ1n) is 13.3. The number of hydrogen-bond acceptors (Lipinski definition) is 0. The Morgan fingerprint density at radius 3 is 1.74 bits per heavy atom. The van der Waals surface area contributed by atoms with Crippen LogP contribution in [0, 0.1) is 38.5 Å². The van der Waals surface area contributed by atoms with Crippen LogP contribution < -0.4 is 0 Å². The van der Waals surface area contributed by atoms with E-state index in [1.807, 2.05) is 0 Å². The molecule has 0 N–H and O–H groups in total. The van der Waals surface area contributed by atoms with Gasteiger partial charge < -0.3 is 14.9 Å². The topological polar surface area (TPSA) is 0 Å². The van der Waals surface area contributed by atoms with Crippen LogP contribution in [0.2, 0.25) is 24.2 Å². The molecular weight excluding hydrogens is 599 g/mol. The second-order valence-electron chi connectivity index (χ2n) is 11.5. The van der Waals surface area contributed by atoms with Gasteiger partial charge in [0, 0.05) is 0 Å². The van der Waals surface area contributed by atoms with E-state index in [0.717, 1.165) is 11.1 Å². The van der Waals surface area contributed by atoms with Crippen LogP contribution in [0.25, 0.3) is 0 Å². The van der Waals surface area contributed by atoms with Crippen molar-refractivity contribution in [2.75, 3.05) is 0 Å². The Morgan fingerprint density at radius 2 is 1.13 bits per heavy atom. The second kappa shape index (κ2) is 14.1. The van der Waals surface area contributed by atoms with Crippen LogP contribution in [0.3, 0.4) is 0 Å². The summed E-state index contributed by atoms with van der Waals surface area (Å²) < 4.78 is 0. The normalized spacial score (nSPS) is 32.1. The zero-order valence-corrected chi connectivity index (χ0v) is 28.2. The number of hydrogen-bond donors (Lipinski definition) is 0. The number of allylic oxidation sites excluding steroid dienone is 8. The van der Waals surface area contributed by atoms with Gasteiger partial charge in [-0.15, -0.1) is 0 Å². The summed E-state index contributed by atoms with van der Waals surface area (Å²) in [7, 11) is 8.26. The molecule has 0 amide bonds. The Kier molecular flexibility index (Phi) is 11.7. The molecule has 2 saturated carbocycles. The maximum atomic E-state index is 4.93. The van der Waals surface area contributed by atoms with Gasteiger partial charge in [0.05, 0.1) is 8.07 Å². The van der Waals surface area contributed by atoms with Crippen LogP contribution in [-0.2, 0) is 20.8 Å². The van der Waals surface area contributed by atoms with E-state index in [-0.39, 0.29) is 14.9 Å². The predicted octanol–water partition coefficient (Wildman–Crippen LogP) is 10.8. The third-order valence-corrected chi connectivity index (χ3v) is 14.7. The average molecular weight is 641 g/mol. The number of rotatable bonds is 4. The van der Waals surface area contributed by atoms with Crippen molar-refractivity contribution in [2.45, 2.75) is 48.9 Å². The Labute approximate surface area is 252 Å². The van der Waals surface area contributed by atoms with E-state index in [0.29, 0.717) is 35.5 Å². The van der Waals surface area contributed by atoms with E-state index < -0.39 is 28.9 Å². The molecule has 8 unspecified atom stereocenters. The molecule has 4 aliphatic rings. The van der Waals surface area contributed by atoms with Crippen molar-refractivity contribution in [3.05, 3.63) is 135 Å². The van der Waals surface area contributed by atoms with Crippen molar-refractivity contribution in [2.24, 2.45) is 23.7 Å². The third kappa shape index (κ3) is 6.20. The Bertz CT molecular complexity index is 1120. The standard InChI is InChI=1S/C32H36Si.2CH3.2ClH.Zr/c1-33(2,30-22-29(23-13-5-3-6-14-23)27-19-11-12-20-28(27)30)31-21-25-17-9-10-18-26(25)32(31)24-15-7-4-8-16-24;;;;;/h3-20,25-32H,21-22H2,1-2H3;2*1H3;2*1H;/q;2*-1;;;+4/p-2. The van der Waals surface area contributed by atoms with Gasteiger partial charge in [0.25, 0.3) is 0 Å². The van der Waals surface area contributed by atoms with Gasteiger partial charge >= 0.3 is 37.9 Å². The Balaban J connectivity index is 0.000000766. The first-order valence-corrected chi connectivity index (χ1v) is 22.8. The summed E-state index contributed by atoms with van der Waals surface area (Å²) in [5.41, 5.74) is 4.77. The zero-order chi connectivity index (χ0) is 25.1. The van der Waals surface area contributed by atoms with Crippen molar-refractivity contribution in [1.82, 2.24) is 0 Å². The molecular formula is C34H42Cl2SiZr. The van der Waals surface area contributed by atoms with Gasteiger partial charge in [-0.2, -0.15) is 0 Å². The molecule has 0 nitrogen and oxygen atoms in total. The zero-order valence-electron chi connectivity index (χ0n) is 23.2. The SMILES string of the molecule is C[Si](C)(C1CC(c2ccccc2)C2C=CC=CC21)C1CC2C=CC=CC2C1c1ccccc1.[CH3-].[CH3-].[Cl][Zr+2][Cl]. The molecule has 2 aromatic rings. The molecule has 0 heterocycles. The van der Waals surface area contributed by atoms with Crippen molar-refractivity contribution in [3.63, 3.8) is 0 Å². The molecule has 0 aliphatic heterocycles. The molecule has 0 spiro atoms. The molecule has 0 bridgehead atoms. The fourth-order valence-corrected chi connectivity index (χ4v) is 13.0. The minimum atomic E-state index is -1.61. The van der Waals surface area contributed by atoms with Gasteiger partial charge in [0.2, 0.25) is 0 Å². The van der Waals surface area contributed by atoms with Gasteiger partial charge in [-0.05, 0) is 70.6 Å². The summed E-state index contributed by atoms with van der Waals surface area (Å²) in [5.74, 6) is 4.06. The van der Waals surface area contributed by atoms with Crippen LogP contribution in [-0.4, -0.2) is 8.07 Å². The van der Waals surface area contributed by atoms with Crippen LogP contribution in [0.4, 0.5) is 0 Å². The predicted molar refractivity (Wildman–Crippen MR) is 168 cm³/mol. The van der Waals surface area contributed by atoms with Gasteiger partial charge in [0.15, 0.2) is 0 Å². The van der Waals surface area contributed by atoms with Crippen molar-refractivity contribution < 1.29 is 20.8 Å². The maximum absolute atomic E-state index is 4.93. The van der Waals surface area contributed by atoms with Crippen LogP contribution in [0.1, 0.15) is 35.8 Å². The van der Waals surface area contributed by atoms with E-state index in [4.69, 9.17) is 17.0 Å². The van der Waals surface area contributed by atoms with Crippen molar-refractivity contribution in [1.29, 1.82) is 0 Å². The Morgan fingerprint density at radius 1 is 0.632 bits per heavy atom. The van der Waals surface area contributed by atoms with Crippen LogP contribution >= 0.6 is 17.0 Å². The Hall–Kier alpha value is -0.920. The van der Waals surface area contributed by atoms with E-state index in [9.17, 15) is 0 Å². The van der Waals surface area contributed by atoms with Gasteiger partial charge in [-0.3, -0.25) is 0 Å². The molecule has 2 aromatic carbocycles. The average Bonchev–Trinajstić information content (AvgIpc) is 3.51. The molecule has 0 aromatic heterocycles. The molecule has 8 atom stereocenters. The van der Waals surface area contributed by atoms with E-state index in [1.54, 1.807) is 11.1 Å². The molecule has 4 aliphatic carbocycles. The summed E-state index contributed by atoms with van der Waals surface area (Å²) in [6.45, 7) is 5.50. The van der Waals surface area contributed by atoms with Gasteiger partial charge in [-0.25, -0.2) is 0 Å². The van der Waals surface area contributed by atoms with Gasteiger partial charge in [-0.1, -0.05) is 122 Å². The first kappa shape index (κ1) is 31.6. The number of fused-ring (bicyclic) bond motifs is 2. The minimum absolute atomic E-state index is 0. The number of benzene rings is 2. The van der Waals surface area contributed by atoms with E-state index in [2.05, 4.69) is 122 Å². The first-order chi connectivity index (χ1) is 17.6. The van der Waals surface area contributed by atoms with E-state index in [1.165, 1.54) is 12.8 Å². The summed E-state index contributed by atoms with van der Waals surface area (Å²) in [4.78, 5) is 0. The molecule has 0 radical (unpaired) electrons. The van der Waals surface area contributed by atoms with Gasteiger partial charge in [0.1, 0.15) is 0 Å². The van der Waals surface area contributed by atoms with E-state index >= 15 is 0 Å². The third-order valence-electron chi connectivity index (χ3n) is 9.65. The molecule has 4 heteroatoms. The number of halogens is 2. The molecule has 200 valence electrons. The fraction of sp³-hybridized carbons (Fsp3) is 0.353. The van der Waals surface area contributed by atoms with Crippen molar-refractivity contribution in [3.8, 4) is 0 Å². The van der Waals surface area contributed by atoms with Crippen molar-refractivity contribution >= 4 is 25.1 Å². The molecule has 2 fully saturated rings. The summed E-state index contributed by atoms with van der Waals surface area (Å²) >= 11 is -0.826. The summed E-state index contributed by atoms with van der Waals surface area (Å²) in [6.07, 6.45) is 22.1. The monoisotopic (exact) mass is 638 g/mol. The van der Waals surface area contributed by atoms with Crippen LogP contribution in [0.15, 0.2) is 109 Å². The van der Waals surface area contributed by atoms with Crippen LogP contribution in [0.5, 0.6) is 0 Å². The summed E-state index contributed by atoms with van der Waals surface area (Å²) in [6, 6.07) is 22.9. The molecule has 0 saturated heterocycles. The fourth-order valence-electron chi connectivity index (χ4n) is 8.06. The molecule has 6 rings (SSSR count). The summed E-state index contributed by atoms with van der Waals surface area (Å²) in [5, 5.41) is 0.